The predicted molar refractivity (Wildman–Crippen MR) is 74.0 cm³/mol. The Morgan fingerprint density at radius 3 is 2.90 bits per heavy atom. The van der Waals surface area contributed by atoms with E-state index in [1.807, 2.05) is 0 Å². The summed E-state index contributed by atoms with van der Waals surface area (Å²) >= 11 is 3.06. The lowest BCUT2D eigenvalue weighted by Crippen LogP contribution is -2.57. The highest BCUT2D eigenvalue weighted by Gasteiger charge is 2.37. The number of benzene rings is 1. The van der Waals surface area contributed by atoms with Gasteiger partial charge in [0.05, 0.1) is 16.1 Å². The number of amides is 2. The number of fused-ring (bicyclic) bond motifs is 2. The van der Waals surface area contributed by atoms with Gasteiger partial charge in [-0.15, -0.1) is 0 Å². The third-order valence-electron chi connectivity index (χ3n) is 3.71. The number of rotatable bonds is 0. The van der Waals surface area contributed by atoms with Crippen molar-refractivity contribution in [2.45, 2.75) is 6.04 Å². The maximum atomic E-state index is 14.1. The summed E-state index contributed by atoms with van der Waals surface area (Å²) in [5.74, 6) is -1.02. The fraction of sp³-hybridized carbons (Fsp3) is 0.385. The van der Waals surface area contributed by atoms with Crippen LogP contribution in [-0.4, -0.2) is 59.2 Å². The standard InChI is InChI=1S/C13H12BrFN2O4/c14-9-2-1-8-11(10(9)15)21-6-7-5-16(13(19)20)3-4-17(7)12(8)18/h1-2,7H,3-6H2,(H,19,20)/t7-/m1/s1. The second-order valence-electron chi connectivity index (χ2n) is 4.93. The van der Waals surface area contributed by atoms with Crippen LogP contribution in [-0.2, 0) is 0 Å². The van der Waals surface area contributed by atoms with Crippen LogP contribution in [0.5, 0.6) is 5.75 Å². The summed E-state index contributed by atoms with van der Waals surface area (Å²) < 4.78 is 19.7. The van der Waals surface area contributed by atoms with E-state index in [-0.39, 0.29) is 47.9 Å². The van der Waals surface area contributed by atoms with Crippen molar-refractivity contribution in [3.8, 4) is 5.75 Å². The summed E-state index contributed by atoms with van der Waals surface area (Å²) in [5, 5.41) is 9.03. The minimum absolute atomic E-state index is 0.0654. The molecule has 1 aromatic rings. The van der Waals surface area contributed by atoms with Crippen LogP contribution >= 0.6 is 15.9 Å². The van der Waals surface area contributed by atoms with Crippen LogP contribution in [0.25, 0.3) is 0 Å². The van der Waals surface area contributed by atoms with E-state index in [1.165, 1.54) is 17.0 Å². The minimum atomic E-state index is -1.03. The summed E-state index contributed by atoms with van der Waals surface area (Å²) in [4.78, 5) is 26.3. The molecule has 0 radical (unpaired) electrons. The molecule has 1 fully saturated rings. The molecular formula is C13H12BrFN2O4. The monoisotopic (exact) mass is 358 g/mol. The van der Waals surface area contributed by atoms with E-state index in [4.69, 9.17) is 9.84 Å². The van der Waals surface area contributed by atoms with Gasteiger partial charge in [-0.1, -0.05) is 0 Å². The largest absolute Gasteiger partial charge is 0.487 e. The molecular weight excluding hydrogens is 347 g/mol. The van der Waals surface area contributed by atoms with E-state index in [0.717, 1.165) is 0 Å². The van der Waals surface area contributed by atoms with Gasteiger partial charge in [0.2, 0.25) is 0 Å². The number of ether oxygens (including phenoxy) is 1. The molecule has 0 spiro atoms. The zero-order chi connectivity index (χ0) is 15.1. The Morgan fingerprint density at radius 1 is 1.43 bits per heavy atom. The number of halogens is 2. The van der Waals surface area contributed by atoms with Gasteiger partial charge in [-0.3, -0.25) is 4.79 Å². The molecule has 2 amide bonds. The molecule has 3 rings (SSSR count). The molecule has 2 aliphatic rings. The van der Waals surface area contributed by atoms with Gasteiger partial charge in [0.15, 0.2) is 11.6 Å². The first-order valence-corrected chi connectivity index (χ1v) is 7.18. The van der Waals surface area contributed by atoms with Gasteiger partial charge in [0.25, 0.3) is 5.91 Å². The van der Waals surface area contributed by atoms with Crippen LogP contribution in [0.4, 0.5) is 9.18 Å². The zero-order valence-corrected chi connectivity index (χ0v) is 12.5. The highest BCUT2D eigenvalue weighted by molar-refractivity contribution is 9.10. The van der Waals surface area contributed by atoms with Crippen LogP contribution in [0, 0.1) is 5.82 Å². The highest BCUT2D eigenvalue weighted by atomic mass is 79.9. The van der Waals surface area contributed by atoms with Crippen molar-refractivity contribution in [2.24, 2.45) is 0 Å². The summed E-state index contributed by atoms with van der Waals surface area (Å²) in [6.07, 6.45) is -1.03. The number of nitrogens with zero attached hydrogens (tertiary/aromatic N) is 2. The number of hydrogen-bond donors (Lipinski definition) is 1. The maximum absolute atomic E-state index is 14.1. The summed E-state index contributed by atoms with van der Waals surface area (Å²) in [6, 6.07) is 2.56. The molecule has 0 aromatic heterocycles. The molecule has 2 heterocycles. The van der Waals surface area contributed by atoms with E-state index < -0.39 is 18.0 Å². The molecule has 112 valence electrons. The summed E-state index contributed by atoms with van der Waals surface area (Å²) in [5.41, 5.74) is 0.168. The fourth-order valence-electron chi connectivity index (χ4n) is 2.61. The Bertz CT molecular complexity index is 624. The topological polar surface area (TPSA) is 70.1 Å². The van der Waals surface area contributed by atoms with Gasteiger partial charge in [-0.25, -0.2) is 9.18 Å². The Kier molecular flexibility index (Phi) is 3.48. The molecule has 1 aromatic carbocycles. The third kappa shape index (κ3) is 2.33. The van der Waals surface area contributed by atoms with Crippen molar-refractivity contribution in [1.29, 1.82) is 0 Å². The van der Waals surface area contributed by atoms with Crippen molar-refractivity contribution in [2.75, 3.05) is 26.2 Å². The predicted octanol–water partition coefficient (Wildman–Crippen LogP) is 1.79. The molecule has 21 heavy (non-hydrogen) atoms. The average Bonchev–Trinajstić information content (AvgIpc) is 2.60. The van der Waals surface area contributed by atoms with Crippen molar-refractivity contribution in [1.82, 2.24) is 9.80 Å². The minimum Gasteiger partial charge on any atom is -0.487 e. The molecule has 0 aliphatic carbocycles. The molecule has 0 bridgehead atoms. The number of carbonyl (C=O) groups excluding carboxylic acids is 1. The molecule has 6 nitrogen and oxygen atoms in total. The lowest BCUT2D eigenvalue weighted by molar-refractivity contribution is 0.0388. The molecule has 0 saturated carbocycles. The lowest BCUT2D eigenvalue weighted by Gasteiger charge is -2.38. The lowest BCUT2D eigenvalue weighted by atomic mass is 10.1. The molecule has 1 N–H and O–H groups in total. The van der Waals surface area contributed by atoms with Gasteiger partial charge >= 0.3 is 6.09 Å². The Hall–Kier alpha value is -1.83. The second kappa shape index (κ2) is 5.18. The molecule has 1 saturated heterocycles. The van der Waals surface area contributed by atoms with Crippen LogP contribution in [0.1, 0.15) is 10.4 Å². The Labute approximate surface area is 128 Å². The first kappa shape index (κ1) is 14.1. The first-order valence-electron chi connectivity index (χ1n) is 6.38. The van der Waals surface area contributed by atoms with E-state index in [1.54, 1.807) is 4.90 Å². The van der Waals surface area contributed by atoms with Crippen molar-refractivity contribution >= 4 is 27.9 Å². The van der Waals surface area contributed by atoms with Gasteiger partial charge in [-0.05, 0) is 28.1 Å². The van der Waals surface area contributed by atoms with Crippen LogP contribution in [0.3, 0.4) is 0 Å². The number of carboxylic acid groups (broad SMARTS) is 1. The number of piperazine rings is 1. The average molecular weight is 359 g/mol. The smallest absolute Gasteiger partial charge is 0.407 e. The highest BCUT2D eigenvalue weighted by Crippen LogP contribution is 2.33. The second-order valence-corrected chi connectivity index (χ2v) is 5.78. The quantitative estimate of drug-likeness (QED) is 0.767. The van der Waals surface area contributed by atoms with Crippen LogP contribution < -0.4 is 4.74 Å². The first-order chi connectivity index (χ1) is 9.99. The number of hydrogen-bond acceptors (Lipinski definition) is 3. The van der Waals surface area contributed by atoms with Crippen molar-refractivity contribution in [3.05, 3.63) is 28.0 Å². The van der Waals surface area contributed by atoms with Crippen LogP contribution in [0.2, 0.25) is 0 Å². The third-order valence-corrected chi connectivity index (χ3v) is 4.33. The van der Waals surface area contributed by atoms with E-state index in [2.05, 4.69) is 15.9 Å². The normalized spacial score (nSPS) is 21.2. The van der Waals surface area contributed by atoms with E-state index >= 15 is 0 Å². The summed E-state index contributed by atoms with van der Waals surface area (Å²) in [6.45, 7) is 0.746. The molecule has 2 aliphatic heterocycles. The Balaban J connectivity index is 1.94. The van der Waals surface area contributed by atoms with Gasteiger partial charge < -0.3 is 19.6 Å². The van der Waals surface area contributed by atoms with E-state index in [9.17, 15) is 14.0 Å². The summed E-state index contributed by atoms with van der Waals surface area (Å²) in [7, 11) is 0. The van der Waals surface area contributed by atoms with Crippen molar-refractivity contribution < 1.29 is 23.8 Å². The van der Waals surface area contributed by atoms with E-state index in [0.29, 0.717) is 0 Å². The Morgan fingerprint density at radius 2 is 2.19 bits per heavy atom. The SMILES string of the molecule is O=C(O)N1CCN2C(=O)c3ccc(Br)c(F)c3OC[C@H]2C1. The molecule has 0 unspecified atom stereocenters. The van der Waals surface area contributed by atoms with Gasteiger partial charge in [-0.2, -0.15) is 0 Å². The molecule has 8 heteroatoms. The van der Waals surface area contributed by atoms with Crippen molar-refractivity contribution in [3.63, 3.8) is 0 Å². The molecule has 1 atom stereocenters. The zero-order valence-electron chi connectivity index (χ0n) is 10.9. The van der Waals surface area contributed by atoms with Crippen LogP contribution in [0.15, 0.2) is 16.6 Å². The maximum Gasteiger partial charge on any atom is 0.407 e. The number of carbonyl (C=O) groups is 2. The van der Waals surface area contributed by atoms with Gasteiger partial charge in [0.1, 0.15) is 6.61 Å². The fourth-order valence-corrected chi connectivity index (χ4v) is 2.93. The van der Waals surface area contributed by atoms with Gasteiger partial charge in [0, 0.05) is 19.6 Å².